The van der Waals surface area contributed by atoms with Crippen LogP contribution in [0.2, 0.25) is 0 Å². The molecule has 1 saturated carbocycles. The van der Waals surface area contributed by atoms with Crippen LogP contribution in [0.1, 0.15) is 44.9 Å². The van der Waals surface area contributed by atoms with Crippen molar-refractivity contribution in [3.05, 3.63) is 18.0 Å². The molecular formula is C18H26N6O2. The molecule has 1 amide bonds. The predicted molar refractivity (Wildman–Crippen MR) is 97.3 cm³/mol. The van der Waals surface area contributed by atoms with E-state index in [1.54, 1.807) is 4.90 Å². The van der Waals surface area contributed by atoms with Crippen LogP contribution >= 0.6 is 0 Å². The summed E-state index contributed by atoms with van der Waals surface area (Å²) in [5, 5.41) is 13.3. The van der Waals surface area contributed by atoms with Gasteiger partial charge in [-0.2, -0.15) is 4.52 Å². The number of nitrogens with zero attached hydrogens (tertiary/aromatic N) is 6. The molecule has 1 saturated heterocycles. The van der Waals surface area contributed by atoms with E-state index in [1.165, 1.54) is 12.8 Å². The molecule has 2 fully saturated rings. The number of rotatable bonds is 4. The lowest BCUT2D eigenvalue weighted by atomic mass is 10.2. The highest BCUT2D eigenvalue weighted by molar-refractivity contribution is 5.67. The molecule has 2 aliphatic rings. The highest BCUT2D eigenvalue weighted by atomic mass is 16.6. The van der Waals surface area contributed by atoms with Crippen LogP contribution in [0.3, 0.4) is 0 Å². The zero-order valence-corrected chi connectivity index (χ0v) is 15.5. The van der Waals surface area contributed by atoms with Gasteiger partial charge in [0.2, 0.25) is 0 Å². The van der Waals surface area contributed by atoms with Gasteiger partial charge >= 0.3 is 6.09 Å². The van der Waals surface area contributed by atoms with Gasteiger partial charge in [-0.1, -0.05) is 13.8 Å². The Kier molecular flexibility index (Phi) is 4.65. The predicted octanol–water partition coefficient (Wildman–Crippen LogP) is 2.31. The van der Waals surface area contributed by atoms with Gasteiger partial charge in [0, 0.05) is 32.1 Å². The van der Waals surface area contributed by atoms with E-state index in [4.69, 9.17) is 9.84 Å². The summed E-state index contributed by atoms with van der Waals surface area (Å²) >= 11 is 0. The number of amides is 1. The second-order valence-corrected chi connectivity index (χ2v) is 7.59. The largest absolute Gasteiger partial charge is 0.449 e. The fourth-order valence-electron chi connectivity index (χ4n) is 3.22. The van der Waals surface area contributed by atoms with Crippen molar-refractivity contribution in [1.82, 2.24) is 24.7 Å². The molecule has 0 spiro atoms. The number of ether oxygens (including phenoxy) is 1. The number of hydrogen-bond acceptors (Lipinski definition) is 6. The molecule has 2 aromatic heterocycles. The van der Waals surface area contributed by atoms with E-state index in [0.29, 0.717) is 25.0 Å². The summed E-state index contributed by atoms with van der Waals surface area (Å²) in [5.41, 5.74) is 0.796. The molecule has 140 valence electrons. The molecule has 0 aromatic carbocycles. The minimum Gasteiger partial charge on any atom is -0.449 e. The Morgan fingerprint density at radius 2 is 2.04 bits per heavy atom. The van der Waals surface area contributed by atoms with Crippen LogP contribution in [0.5, 0.6) is 0 Å². The third kappa shape index (κ3) is 3.59. The summed E-state index contributed by atoms with van der Waals surface area (Å²) in [4.78, 5) is 16.2. The molecule has 8 heteroatoms. The first-order valence-corrected chi connectivity index (χ1v) is 9.51. The molecule has 3 heterocycles. The highest BCUT2D eigenvalue weighted by Crippen LogP contribution is 2.38. The van der Waals surface area contributed by atoms with Crippen molar-refractivity contribution in [2.24, 2.45) is 5.92 Å². The first kappa shape index (κ1) is 17.1. The maximum absolute atomic E-state index is 12.2. The molecule has 0 N–H and O–H groups in total. The minimum absolute atomic E-state index is 0.209. The van der Waals surface area contributed by atoms with Crippen molar-refractivity contribution in [3.8, 4) is 0 Å². The van der Waals surface area contributed by atoms with E-state index in [-0.39, 0.29) is 6.09 Å². The number of carbonyl (C=O) groups is 1. The Morgan fingerprint density at radius 3 is 2.81 bits per heavy atom. The Bertz CT molecular complexity index is 785. The minimum atomic E-state index is -0.209. The van der Waals surface area contributed by atoms with Crippen molar-refractivity contribution >= 4 is 17.6 Å². The van der Waals surface area contributed by atoms with Crippen LogP contribution in [-0.4, -0.2) is 63.6 Å². The summed E-state index contributed by atoms with van der Waals surface area (Å²) in [5.74, 6) is 2.73. The van der Waals surface area contributed by atoms with Crippen LogP contribution < -0.4 is 4.90 Å². The topological polar surface area (TPSA) is 75.9 Å². The summed E-state index contributed by atoms with van der Waals surface area (Å²) in [6.45, 7) is 7.53. The number of fused-ring (bicyclic) bond motifs is 1. The third-order valence-corrected chi connectivity index (χ3v) is 4.83. The van der Waals surface area contributed by atoms with Gasteiger partial charge in [0.15, 0.2) is 11.5 Å². The average Bonchev–Trinajstić information content (AvgIpc) is 3.43. The molecule has 4 rings (SSSR count). The Morgan fingerprint density at radius 1 is 1.19 bits per heavy atom. The van der Waals surface area contributed by atoms with Crippen molar-refractivity contribution in [3.63, 3.8) is 0 Å². The number of hydrogen-bond donors (Lipinski definition) is 0. The first-order valence-electron chi connectivity index (χ1n) is 9.51. The van der Waals surface area contributed by atoms with Crippen LogP contribution in [0.4, 0.5) is 10.6 Å². The van der Waals surface area contributed by atoms with Gasteiger partial charge in [-0.3, -0.25) is 0 Å². The summed E-state index contributed by atoms with van der Waals surface area (Å²) in [7, 11) is 0. The Labute approximate surface area is 153 Å². The molecule has 1 aliphatic carbocycles. The standard InChI is InChI=1S/C18H26N6O2/c1-13(2)12-26-18(25)23-9-3-8-22(10-11-23)16-7-6-15-19-20-17(14-4-5-14)24(15)21-16/h6-7,13-14H,3-5,8-12H2,1-2H3. The van der Waals surface area contributed by atoms with Crippen LogP contribution in [-0.2, 0) is 4.74 Å². The lowest BCUT2D eigenvalue weighted by molar-refractivity contribution is 0.0943. The average molecular weight is 358 g/mol. The van der Waals surface area contributed by atoms with Gasteiger partial charge in [0.1, 0.15) is 5.82 Å². The van der Waals surface area contributed by atoms with Gasteiger partial charge in [-0.15, -0.1) is 15.3 Å². The van der Waals surface area contributed by atoms with Crippen LogP contribution in [0.25, 0.3) is 5.65 Å². The number of anilines is 1. The van der Waals surface area contributed by atoms with Gasteiger partial charge in [0.05, 0.1) is 6.61 Å². The quantitative estimate of drug-likeness (QED) is 0.835. The molecule has 1 aliphatic heterocycles. The number of carbonyl (C=O) groups excluding carboxylic acids is 1. The number of aromatic nitrogens is 4. The molecule has 26 heavy (non-hydrogen) atoms. The van der Waals surface area contributed by atoms with E-state index in [9.17, 15) is 4.79 Å². The van der Waals surface area contributed by atoms with Crippen molar-refractivity contribution in [2.75, 3.05) is 37.7 Å². The molecule has 2 aromatic rings. The van der Waals surface area contributed by atoms with Crippen molar-refractivity contribution in [2.45, 2.75) is 39.0 Å². The summed E-state index contributed by atoms with van der Waals surface area (Å²) < 4.78 is 7.25. The van der Waals surface area contributed by atoms with E-state index in [1.807, 2.05) is 30.5 Å². The van der Waals surface area contributed by atoms with E-state index < -0.39 is 0 Å². The SMILES string of the molecule is CC(C)COC(=O)N1CCCN(c2ccc3nnc(C4CC4)n3n2)CC1. The zero-order valence-electron chi connectivity index (χ0n) is 15.5. The van der Waals surface area contributed by atoms with Crippen molar-refractivity contribution in [1.29, 1.82) is 0 Å². The molecule has 0 bridgehead atoms. The molecule has 8 nitrogen and oxygen atoms in total. The lowest BCUT2D eigenvalue weighted by Crippen LogP contribution is -2.36. The monoisotopic (exact) mass is 358 g/mol. The van der Waals surface area contributed by atoms with E-state index >= 15 is 0 Å². The normalized spacial score (nSPS) is 18.4. The van der Waals surface area contributed by atoms with Crippen molar-refractivity contribution < 1.29 is 9.53 Å². The van der Waals surface area contributed by atoms with E-state index in [0.717, 1.165) is 43.3 Å². The summed E-state index contributed by atoms with van der Waals surface area (Å²) in [6, 6.07) is 3.97. The fourth-order valence-corrected chi connectivity index (χ4v) is 3.22. The Hall–Kier alpha value is -2.38. The Balaban J connectivity index is 1.44. The summed E-state index contributed by atoms with van der Waals surface area (Å²) in [6.07, 6.45) is 3.03. The first-order chi connectivity index (χ1) is 12.6. The maximum Gasteiger partial charge on any atom is 0.409 e. The van der Waals surface area contributed by atoms with Gasteiger partial charge < -0.3 is 14.5 Å². The van der Waals surface area contributed by atoms with Gasteiger partial charge in [0.25, 0.3) is 0 Å². The van der Waals surface area contributed by atoms with Gasteiger partial charge in [-0.25, -0.2) is 4.79 Å². The highest BCUT2D eigenvalue weighted by Gasteiger charge is 2.29. The zero-order chi connectivity index (χ0) is 18.1. The molecule has 0 unspecified atom stereocenters. The van der Waals surface area contributed by atoms with Gasteiger partial charge in [-0.05, 0) is 37.3 Å². The smallest absolute Gasteiger partial charge is 0.409 e. The van der Waals surface area contributed by atoms with E-state index in [2.05, 4.69) is 15.1 Å². The maximum atomic E-state index is 12.2. The van der Waals surface area contributed by atoms with Crippen LogP contribution in [0, 0.1) is 5.92 Å². The molecular weight excluding hydrogens is 332 g/mol. The van der Waals surface area contributed by atoms with Crippen LogP contribution in [0.15, 0.2) is 12.1 Å². The lowest BCUT2D eigenvalue weighted by Gasteiger charge is -2.22. The molecule has 0 atom stereocenters. The fraction of sp³-hybridized carbons (Fsp3) is 0.667. The second kappa shape index (κ2) is 7.09. The molecule has 0 radical (unpaired) electrons. The third-order valence-electron chi connectivity index (χ3n) is 4.83. The second-order valence-electron chi connectivity index (χ2n) is 7.59.